The molecule has 0 amide bonds. The number of anilines is 3. The molecule has 3 rings (SSSR count). The largest absolute Gasteiger partial charge is 0.396 e. The van der Waals surface area contributed by atoms with Gasteiger partial charge in [-0.2, -0.15) is 4.31 Å². The van der Waals surface area contributed by atoms with Crippen LogP contribution in [0.15, 0.2) is 35.2 Å². The second-order valence-corrected chi connectivity index (χ2v) is 9.37. The molecule has 9 nitrogen and oxygen atoms in total. The van der Waals surface area contributed by atoms with Crippen LogP contribution >= 0.6 is 23.2 Å². The number of sulfonamides is 1. The zero-order valence-corrected chi connectivity index (χ0v) is 17.8. The van der Waals surface area contributed by atoms with E-state index in [0.29, 0.717) is 31.9 Å². The Morgan fingerprint density at radius 3 is 2.24 bits per heavy atom. The van der Waals surface area contributed by atoms with Crippen molar-refractivity contribution in [1.29, 1.82) is 0 Å². The maximum absolute atomic E-state index is 12.9. The van der Waals surface area contributed by atoms with Crippen LogP contribution in [0.25, 0.3) is 0 Å². The van der Waals surface area contributed by atoms with Crippen molar-refractivity contribution < 1.29 is 13.3 Å². The molecule has 0 radical (unpaired) electrons. The van der Waals surface area contributed by atoms with Gasteiger partial charge < -0.3 is 16.0 Å². The Morgan fingerprint density at radius 1 is 1.10 bits per heavy atom. The van der Waals surface area contributed by atoms with E-state index in [9.17, 15) is 18.5 Å². The number of hydrogen-bond donors (Lipinski definition) is 2. The highest BCUT2D eigenvalue weighted by Crippen LogP contribution is 2.35. The maximum atomic E-state index is 12.9. The molecule has 156 valence electrons. The van der Waals surface area contributed by atoms with Gasteiger partial charge in [0.25, 0.3) is 5.69 Å². The SMILES string of the molecule is CN1CCN(S(=O)(=O)c2ccc(Nc3cc(Cl)c(N)c(Cl)c3)c([N+](=O)[O-])c2)CC1. The van der Waals surface area contributed by atoms with Gasteiger partial charge in [0.15, 0.2) is 0 Å². The molecule has 0 aromatic heterocycles. The molecule has 2 aromatic rings. The van der Waals surface area contributed by atoms with Gasteiger partial charge in [-0.25, -0.2) is 8.42 Å². The lowest BCUT2D eigenvalue weighted by atomic mass is 10.2. The lowest BCUT2D eigenvalue weighted by molar-refractivity contribution is -0.384. The number of nitrogens with zero attached hydrogens (tertiary/aromatic N) is 3. The number of benzene rings is 2. The Morgan fingerprint density at radius 2 is 1.69 bits per heavy atom. The van der Waals surface area contributed by atoms with E-state index in [4.69, 9.17) is 28.9 Å². The molecule has 0 unspecified atom stereocenters. The first-order chi connectivity index (χ1) is 13.6. The minimum absolute atomic E-state index is 0.101. The summed E-state index contributed by atoms with van der Waals surface area (Å²) >= 11 is 12.0. The molecular weight excluding hydrogens is 441 g/mol. The molecule has 0 saturated carbocycles. The molecule has 1 saturated heterocycles. The minimum atomic E-state index is -3.83. The summed E-state index contributed by atoms with van der Waals surface area (Å²) in [4.78, 5) is 12.8. The Labute approximate surface area is 178 Å². The summed E-state index contributed by atoms with van der Waals surface area (Å²) in [7, 11) is -1.93. The number of hydrogen-bond acceptors (Lipinski definition) is 7. The van der Waals surface area contributed by atoms with Crippen molar-refractivity contribution in [3.8, 4) is 0 Å². The van der Waals surface area contributed by atoms with Crippen LogP contribution in [0.1, 0.15) is 0 Å². The first-order valence-electron chi connectivity index (χ1n) is 8.58. The molecule has 12 heteroatoms. The highest BCUT2D eigenvalue weighted by molar-refractivity contribution is 7.89. The van der Waals surface area contributed by atoms with E-state index in [0.717, 1.165) is 6.07 Å². The number of likely N-dealkylation sites (N-methyl/N-ethyl adjacent to an activating group) is 1. The van der Waals surface area contributed by atoms with Gasteiger partial charge >= 0.3 is 0 Å². The molecule has 0 bridgehead atoms. The van der Waals surface area contributed by atoms with Crippen LogP contribution in [0.5, 0.6) is 0 Å². The number of rotatable bonds is 5. The van der Waals surface area contributed by atoms with Crippen molar-refractivity contribution in [2.24, 2.45) is 0 Å². The Hall–Kier alpha value is -2.11. The molecule has 2 aromatic carbocycles. The molecule has 29 heavy (non-hydrogen) atoms. The van der Waals surface area contributed by atoms with Gasteiger partial charge in [-0.1, -0.05) is 23.2 Å². The van der Waals surface area contributed by atoms with E-state index >= 15 is 0 Å². The summed E-state index contributed by atoms with van der Waals surface area (Å²) in [5.41, 5.74) is 5.99. The van der Waals surface area contributed by atoms with Crippen LogP contribution in [0.2, 0.25) is 10.0 Å². The second kappa shape index (κ2) is 8.33. The van der Waals surface area contributed by atoms with Gasteiger partial charge in [0.2, 0.25) is 10.0 Å². The van der Waals surface area contributed by atoms with Gasteiger partial charge in [0.05, 0.1) is 25.6 Å². The van der Waals surface area contributed by atoms with E-state index < -0.39 is 14.9 Å². The zero-order valence-electron chi connectivity index (χ0n) is 15.4. The fraction of sp³-hybridized carbons (Fsp3) is 0.294. The Bertz CT molecular complexity index is 1030. The van der Waals surface area contributed by atoms with Crippen molar-refractivity contribution in [2.75, 3.05) is 44.3 Å². The molecule has 1 aliphatic heterocycles. The van der Waals surface area contributed by atoms with Crippen LogP contribution in [0.3, 0.4) is 0 Å². The van der Waals surface area contributed by atoms with Crippen LogP contribution in [-0.4, -0.2) is 55.8 Å². The summed E-state index contributed by atoms with van der Waals surface area (Å²) in [5.74, 6) is 0. The van der Waals surface area contributed by atoms with Gasteiger partial charge in [0, 0.05) is 37.9 Å². The number of nitrogens with two attached hydrogens (primary N) is 1. The highest BCUT2D eigenvalue weighted by atomic mass is 35.5. The van der Waals surface area contributed by atoms with Gasteiger partial charge in [-0.15, -0.1) is 0 Å². The molecule has 1 heterocycles. The lowest BCUT2D eigenvalue weighted by Gasteiger charge is -2.31. The zero-order chi connectivity index (χ0) is 21.3. The summed E-state index contributed by atoms with van der Waals surface area (Å²) in [5, 5.41) is 14.8. The normalized spacial score (nSPS) is 16.0. The fourth-order valence-electron chi connectivity index (χ4n) is 2.92. The third-order valence-electron chi connectivity index (χ3n) is 4.62. The van der Waals surface area contributed by atoms with Crippen molar-refractivity contribution >= 4 is 56.0 Å². The van der Waals surface area contributed by atoms with E-state index in [2.05, 4.69) is 5.32 Å². The van der Waals surface area contributed by atoms with Crippen molar-refractivity contribution in [2.45, 2.75) is 4.90 Å². The predicted molar refractivity (Wildman–Crippen MR) is 114 cm³/mol. The highest BCUT2D eigenvalue weighted by Gasteiger charge is 2.29. The van der Waals surface area contributed by atoms with Gasteiger partial charge in [-0.05, 0) is 31.3 Å². The van der Waals surface area contributed by atoms with E-state index in [1.54, 1.807) is 0 Å². The second-order valence-electron chi connectivity index (χ2n) is 6.62. The quantitative estimate of drug-likeness (QED) is 0.399. The maximum Gasteiger partial charge on any atom is 0.294 e. The fourth-order valence-corrected chi connectivity index (χ4v) is 4.85. The van der Waals surface area contributed by atoms with Crippen molar-refractivity contribution in [1.82, 2.24) is 9.21 Å². The standard InChI is InChI=1S/C17H19Cl2N5O4S/c1-22-4-6-23(7-5-22)29(27,28)12-2-3-15(16(10-12)24(25)26)21-11-8-13(18)17(20)14(19)9-11/h2-3,8-10,21H,4-7,20H2,1H3. The summed E-state index contributed by atoms with van der Waals surface area (Å²) in [6.45, 7) is 1.85. The minimum Gasteiger partial charge on any atom is -0.396 e. The van der Waals surface area contributed by atoms with Crippen molar-refractivity contribution in [3.05, 3.63) is 50.5 Å². The third-order valence-corrected chi connectivity index (χ3v) is 7.14. The van der Waals surface area contributed by atoms with Crippen molar-refractivity contribution in [3.63, 3.8) is 0 Å². The topological polar surface area (TPSA) is 122 Å². The van der Waals surface area contributed by atoms with E-state index in [1.165, 1.54) is 28.6 Å². The van der Waals surface area contributed by atoms with Crippen LogP contribution < -0.4 is 11.1 Å². The average molecular weight is 460 g/mol. The molecule has 0 aliphatic carbocycles. The monoisotopic (exact) mass is 459 g/mol. The van der Waals surface area contributed by atoms with Crippen LogP contribution in [0, 0.1) is 10.1 Å². The molecule has 3 N–H and O–H groups in total. The molecule has 0 spiro atoms. The first kappa shape index (κ1) is 21.6. The van der Waals surface area contributed by atoms with Crippen LogP contribution in [0.4, 0.5) is 22.7 Å². The Kier molecular flexibility index (Phi) is 6.20. The van der Waals surface area contributed by atoms with Gasteiger partial charge in [0.1, 0.15) is 5.69 Å². The Balaban J connectivity index is 1.94. The number of nitro benzene ring substituents is 1. The third kappa shape index (κ3) is 4.57. The molecular formula is C17H19Cl2N5O4S. The molecule has 1 aliphatic rings. The number of nitrogens with one attached hydrogen (secondary N) is 1. The molecule has 1 fully saturated rings. The number of nitrogen functional groups attached to an aromatic ring is 1. The van der Waals surface area contributed by atoms with Crippen LogP contribution in [-0.2, 0) is 10.0 Å². The molecule has 0 atom stereocenters. The summed E-state index contributed by atoms with van der Waals surface area (Å²) in [6, 6.07) is 6.68. The number of piperazine rings is 1. The average Bonchev–Trinajstić information content (AvgIpc) is 2.66. The summed E-state index contributed by atoms with van der Waals surface area (Å²) < 4.78 is 27.1. The van der Waals surface area contributed by atoms with E-state index in [-0.39, 0.29) is 32.0 Å². The van der Waals surface area contributed by atoms with E-state index in [1.807, 2.05) is 11.9 Å². The summed E-state index contributed by atoms with van der Waals surface area (Å²) in [6.07, 6.45) is 0. The smallest absolute Gasteiger partial charge is 0.294 e. The first-order valence-corrected chi connectivity index (χ1v) is 10.8. The number of halogens is 2. The lowest BCUT2D eigenvalue weighted by Crippen LogP contribution is -2.47. The predicted octanol–water partition coefficient (Wildman–Crippen LogP) is 3.16. The number of nitro groups is 1. The van der Waals surface area contributed by atoms with Gasteiger partial charge in [-0.3, -0.25) is 10.1 Å².